The molecule has 0 unspecified atom stereocenters. The van der Waals surface area contributed by atoms with Crippen LogP contribution >= 0.6 is 0 Å². The van der Waals surface area contributed by atoms with Gasteiger partial charge in [0, 0.05) is 6.04 Å². The Bertz CT molecular complexity index is 358. The lowest BCUT2D eigenvalue weighted by Crippen LogP contribution is -2.13. The van der Waals surface area contributed by atoms with E-state index in [1.807, 2.05) is 0 Å². The third kappa shape index (κ3) is 4.38. The molecular formula is C13H18F3N. The highest BCUT2D eigenvalue weighted by Crippen LogP contribution is 2.31. The van der Waals surface area contributed by atoms with Crippen molar-refractivity contribution >= 4 is 0 Å². The highest BCUT2D eigenvalue weighted by Gasteiger charge is 2.30. The van der Waals surface area contributed by atoms with E-state index in [1.54, 1.807) is 6.07 Å². The summed E-state index contributed by atoms with van der Waals surface area (Å²) >= 11 is 0. The Morgan fingerprint density at radius 1 is 1.18 bits per heavy atom. The number of alkyl halides is 3. The average Bonchev–Trinajstić information content (AvgIpc) is 2.25. The molecule has 0 heterocycles. The maximum Gasteiger partial charge on any atom is 0.416 e. The predicted molar refractivity (Wildman–Crippen MR) is 62.4 cm³/mol. The van der Waals surface area contributed by atoms with Crippen LogP contribution in [0.25, 0.3) is 0 Å². The normalized spacial score (nSPS) is 14.1. The van der Waals surface area contributed by atoms with Crippen molar-refractivity contribution in [2.45, 2.75) is 38.9 Å². The molecule has 0 aliphatic heterocycles. The fraction of sp³-hybridized carbons (Fsp3) is 0.538. The molecular weight excluding hydrogens is 227 g/mol. The van der Waals surface area contributed by atoms with Crippen molar-refractivity contribution < 1.29 is 13.2 Å². The number of hydrogen-bond donors (Lipinski definition) is 1. The summed E-state index contributed by atoms with van der Waals surface area (Å²) in [6.07, 6.45) is -2.68. The van der Waals surface area contributed by atoms with Crippen molar-refractivity contribution in [1.29, 1.82) is 0 Å². The molecule has 0 aliphatic rings. The summed E-state index contributed by atoms with van der Waals surface area (Å²) in [4.78, 5) is 0. The molecule has 0 amide bonds. The fourth-order valence-corrected chi connectivity index (χ4v) is 1.63. The molecule has 0 aromatic heterocycles. The van der Waals surface area contributed by atoms with Crippen molar-refractivity contribution in [1.82, 2.24) is 0 Å². The first kappa shape index (κ1) is 14.0. The van der Waals surface area contributed by atoms with Gasteiger partial charge in [0.15, 0.2) is 0 Å². The number of nitrogens with two attached hydrogens (primary N) is 1. The summed E-state index contributed by atoms with van der Waals surface area (Å²) in [5, 5.41) is 0. The van der Waals surface area contributed by atoms with Crippen molar-refractivity contribution in [3.8, 4) is 0 Å². The van der Waals surface area contributed by atoms with Gasteiger partial charge in [-0.05, 0) is 36.5 Å². The van der Waals surface area contributed by atoms with Gasteiger partial charge >= 0.3 is 6.18 Å². The highest BCUT2D eigenvalue weighted by molar-refractivity contribution is 5.27. The summed E-state index contributed by atoms with van der Waals surface area (Å²) in [6.45, 7) is 4.14. The van der Waals surface area contributed by atoms with Crippen LogP contribution in [0.15, 0.2) is 24.3 Å². The molecule has 1 aromatic rings. The second kappa shape index (κ2) is 5.54. The van der Waals surface area contributed by atoms with Crippen LogP contribution < -0.4 is 5.73 Å². The van der Waals surface area contributed by atoms with E-state index in [9.17, 15) is 13.2 Å². The maximum atomic E-state index is 12.5. The third-order valence-corrected chi connectivity index (χ3v) is 2.70. The van der Waals surface area contributed by atoms with E-state index in [2.05, 4.69) is 13.8 Å². The standard InChI is InChI=1S/C13H18F3N/c1-9(2)6-7-12(17)10-4-3-5-11(8-10)13(14,15)16/h3-5,8-9,12H,6-7,17H2,1-2H3/t12-/m0/s1. The second-order valence-electron chi connectivity index (χ2n) is 4.70. The number of hydrogen-bond acceptors (Lipinski definition) is 1. The molecule has 4 heteroatoms. The molecule has 1 nitrogen and oxygen atoms in total. The Kier molecular flexibility index (Phi) is 4.57. The van der Waals surface area contributed by atoms with Gasteiger partial charge in [-0.15, -0.1) is 0 Å². The number of benzene rings is 1. The zero-order valence-corrected chi connectivity index (χ0v) is 10.1. The molecule has 2 N–H and O–H groups in total. The molecule has 0 spiro atoms. The second-order valence-corrected chi connectivity index (χ2v) is 4.70. The quantitative estimate of drug-likeness (QED) is 0.847. The molecule has 0 saturated heterocycles. The van der Waals surface area contributed by atoms with Crippen LogP contribution in [0.4, 0.5) is 13.2 Å². The predicted octanol–water partition coefficient (Wildman–Crippen LogP) is 4.14. The molecule has 17 heavy (non-hydrogen) atoms. The molecule has 0 radical (unpaired) electrons. The molecule has 0 saturated carbocycles. The smallest absolute Gasteiger partial charge is 0.324 e. The van der Waals surface area contributed by atoms with Crippen LogP contribution in [0.2, 0.25) is 0 Å². The Morgan fingerprint density at radius 3 is 2.35 bits per heavy atom. The lowest BCUT2D eigenvalue weighted by Gasteiger charge is -2.15. The van der Waals surface area contributed by atoms with Crippen LogP contribution in [0.1, 0.15) is 43.9 Å². The van der Waals surface area contributed by atoms with E-state index in [0.29, 0.717) is 17.9 Å². The van der Waals surface area contributed by atoms with Crippen molar-refractivity contribution in [3.05, 3.63) is 35.4 Å². The number of halogens is 3. The minimum atomic E-state index is -4.30. The van der Waals surface area contributed by atoms with Crippen LogP contribution in [0, 0.1) is 5.92 Å². The molecule has 1 atom stereocenters. The zero-order valence-electron chi connectivity index (χ0n) is 10.1. The van der Waals surface area contributed by atoms with E-state index in [1.165, 1.54) is 6.07 Å². The molecule has 96 valence electrons. The van der Waals surface area contributed by atoms with E-state index >= 15 is 0 Å². The van der Waals surface area contributed by atoms with E-state index in [4.69, 9.17) is 5.73 Å². The lowest BCUT2D eigenvalue weighted by atomic mass is 9.97. The number of rotatable bonds is 4. The van der Waals surface area contributed by atoms with Crippen LogP contribution in [-0.2, 0) is 6.18 Å². The van der Waals surface area contributed by atoms with Crippen molar-refractivity contribution in [3.63, 3.8) is 0 Å². The third-order valence-electron chi connectivity index (χ3n) is 2.70. The van der Waals surface area contributed by atoms with E-state index in [-0.39, 0.29) is 6.04 Å². The average molecular weight is 245 g/mol. The van der Waals surface area contributed by atoms with Gasteiger partial charge in [0.25, 0.3) is 0 Å². The molecule has 0 bridgehead atoms. The van der Waals surface area contributed by atoms with Gasteiger partial charge < -0.3 is 5.73 Å². The first-order valence-corrected chi connectivity index (χ1v) is 5.73. The summed E-state index contributed by atoms with van der Waals surface area (Å²) in [5.74, 6) is 0.506. The van der Waals surface area contributed by atoms with Crippen LogP contribution in [0.3, 0.4) is 0 Å². The largest absolute Gasteiger partial charge is 0.416 e. The Labute approximate surface area is 99.8 Å². The topological polar surface area (TPSA) is 26.0 Å². The molecule has 1 rings (SSSR count). The Morgan fingerprint density at radius 2 is 1.82 bits per heavy atom. The summed E-state index contributed by atoms with van der Waals surface area (Å²) in [7, 11) is 0. The van der Waals surface area contributed by atoms with E-state index in [0.717, 1.165) is 18.6 Å². The monoisotopic (exact) mass is 245 g/mol. The van der Waals surface area contributed by atoms with E-state index < -0.39 is 11.7 Å². The van der Waals surface area contributed by atoms with Gasteiger partial charge in [-0.1, -0.05) is 26.0 Å². The summed E-state index contributed by atoms with van der Waals surface area (Å²) in [5.41, 5.74) is 5.81. The minimum Gasteiger partial charge on any atom is -0.324 e. The zero-order chi connectivity index (χ0) is 13.1. The lowest BCUT2D eigenvalue weighted by molar-refractivity contribution is -0.137. The van der Waals surface area contributed by atoms with Crippen molar-refractivity contribution in [2.75, 3.05) is 0 Å². The van der Waals surface area contributed by atoms with Gasteiger partial charge in [0.1, 0.15) is 0 Å². The van der Waals surface area contributed by atoms with Crippen LogP contribution in [0.5, 0.6) is 0 Å². The summed E-state index contributed by atoms with van der Waals surface area (Å²) in [6, 6.07) is 4.96. The first-order chi connectivity index (χ1) is 7.80. The summed E-state index contributed by atoms with van der Waals surface area (Å²) < 4.78 is 37.5. The molecule has 0 aliphatic carbocycles. The minimum absolute atomic E-state index is 0.320. The Balaban J connectivity index is 2.77. The molecule has 1 aromatic carbocycles. The fourth-order valence-electron chi connectivity index (χ4n) is 1.63. The highest BCUT2D eigenvalue weighted by atomic mass is 19.4. The van der Waals surface area contributed by atoms with Gasteiger partial charge in [0.2, 0.25) is 0 Å². The maximum absolute atomic E-state index is 12.5. The van der Waals surface area contributed by atoms with Gasteiger partial charge in [-0.3, -0.25) is 0 Å². The molecule has 0 fully saturated rings. The van der Waals surface area contributed by atoms with Gasteiger partial charge in [-0.2, -0.15) is 13.2 Å². The SMILES string of the molecule is CC(C)CC[C@H](N)c1cccc(C(F)(F)F)c1. The van der Waals surface area contributed by atoms with Crippen molar-refractivity contribution in [2.24, 2.45) is 11.7 Å². The Hall–Kier alpha value is -1.03. The first-order valence-electron chi connectivity index (χ1n) is 5.73. The van der Waals surface area contributed by atoms with Gasteiger partial charge in [0.05, 0.1) is 5.56 Å². The van der Waals surface area contributed by atoms with Gasteiger partial charge in [-0.25, -0.2) is 0 Å². The van der Waals surface area contributed by atoms with Crippen LogP contribution in [-0.4, -0.2) is 0 Å².